The summed E-state index contributed by atoms with van der Waals surface area (Å²) < 4.78 is 13.6. The van der Waals surface area contributed by atoms with Gasteiger partial charge >= 0.3 is 0 Å². The zero-order chi connectivity index (χ0) is 11.5. The third-order valence-corrected chi connectivity index (χ3v) is 2.25. The van der Waals surface area contributed by atoms with Gasteiger partial charge in [-0.1, -0.05) is 36.4 Å². The topological polar surface area (TPSA) is 43.1 Å². The van der Waals surface area contributed by atoms with Gasteiger partial charge in [0.05, 0.1) is 10.5 Å². The van der Waals surface area contributed by atoms with Crippen molar-refractivity contribution in [2.75, 3.05) is 0 Å². The summed E-state index contributed by atoms with van der Waals surface area (Å²) in [6.07, 6.45) is 0. The van der Waals surface area contributed by atoms with E-state index >= 15 is 0 Å². The van der Waals surface area contributed by atoms with Gasteiger partial charge in [0, 0.05) is 6.07 Å². The van der Waals surface area contributed by atoms with Crippen LogP contribution < -0.4 is 0 Å². The molecular weight excluding hydrogens is 209 g/mol. The highest BCUT2D eigenvalue weighted by Gasteiger charge is 2.18. The van der Waals surface area contributed by atoms with Crippen LogP contribution in [0.3, 0.4) is 0 Å². The van der Waals surface area contributed by atoms with E-state index in [0.717, 1.165) is 0 Å². The van der Waals surface area contributed by atoms with E-state index in [1.54, 1.807) is 30.3 Å². The van der Waals surface area contributed by atoms with E-state index in [1.807, 2.05) is 0 Å². The minimum absolute atomic E-state index is 0.0353. The number of benzene rings is 2. The quantitative estimate of drug-likeness (QED) is 0.571. The normalized spacial score (nSPS) is 10.1. The number of rotatable bonds is 2. The minimum Gasteiger partial charge on any atom is -0.258 e. The van der Waals surface area contributed by atoms with E-state index in [0.29, 0.717) is 5.56 Å². The number of hydrogen-bond donors (Lipinski definition) is 0. The Morgan fingerprint density at radius 2 is 1.69 bits per heavy atom. The minimum atomic E-state index is -0.583. The molecule has 0 saturated heterocycles. The van der Waals surface area contributed by atoms with Gasteiger partial charge in [-0.3, -0.25) is 10.1 Å². The molecule has 16 heavy (non-hydrogen) atoms. The van der Waals surface area contributed by atoms with E-state index in [1.165, 1.54) is 18.2 Å². The number of nitro benzene ring substituents is 1. The molecule has 0 N–H and O–H groups in total. The lowest BCUT2D eigenvalue weighted by molar-refractivity contribution is -0.384. The summed E-state index contributed by atoms with van der Waals surface area (Å²) in [5, 5.41) is 10.8. The van der Waals surface area contributed by atoms with Crippen molar-refractivity contribution in [3.05, 3.63) is 64.5 Å². The maximum atomic E-state index is 13.6. The first-order valence-corrected chi connectivity index (χ1v) is 4.68. The fourth-order valence-electron chi connectivity index (χ4n) is 1.56. The van der Waals surface area contributed by atoms with Crippen LogP contribution in [0.15, 0.2) is 48.5 Å². The van der Waals surface area contributed by atoms with Crippen LogP contribution in [0.4, 0.5) is 10.1 Å². The van der Waals surface area contributed by atoms with Crippen LogP contribution in [0.2, 0.25) is 0 Å². The largest absolute Gasteiger partial charge is 0.280 e. The molecule has 2 aromatic rings. The molecule has 0 heterocycles. The van der Waals surface area contributed by atoms with Gasteiger partial charge in [0.2, 0.25) is 0 Å². The highest BCUT2D eigenvalue weighted by atomic mass is 19.1. The van der Waals surface area contributed by atoms with Crippen molar-refractivity contribution >= 4 is 5.69 Å². The third-order valence-electron chi connectivity index (χ3n) is 2.25. The SMILES string of the molecule is O=[N+]([O-])c1cccc(F)c1-c1ccccc1. The van der Waals surface area contributed by atoms with Gasteiger partial charge in [-0.25, -0.2) is 4.39 Å². The molecule has 0 aliphatic heterocycles. The maximum absolute atomic E-state index is 13.6. The number of halogens is 1. The molecule has 0 radical (unpaired) electrons. The lowest BCUT2D eigenvalue weighted by Crippen LogP contribution is -1.94. The summed E-state index contributed by atoms with van der Waals surface area (Å²) in [4.78, 5) is 10.2. The van der Waals surface area contributed by atoms with Crippen molar-refractivity contribution in [1.29, 1.82) is 0 Å². The fourth-order valence-corrected chi connectivity index (χ4v) is 1.56. The van der Waals surface area contributed by atoms with Gasteiger partial charge in [0.25, 0.3) is 5.69 Å². The first kappa shape index (κ1) is 10.3. The van der Waals surface area contributed by atoms with E-state index < -0.39 is 10.7 Å². The monoisotopic (exact) mass is 217 g/mol. The maximum Gasteiger partial charge on any atom is 0.280 e. The molecule has 2 aromatic carbocycles. The van der Waals surface area contributed by atoms with Crippen molar-refractivity contribution in [2.45, 2.75) is 0 Å². The van der Waals surface area contributed by atoms with Crippen LogP contribution in [-0.4, -0.2) is 4.92 Å². The summed E-state index contributed by atoms with van der Waals surface area (Å²) in [5.74, 6) is -0.583. The molecule has 0 aliphatic rings. The molecule has 0 fully saturated rings. The van der Waals surface area contributed by atoms with Gasteiger partial charge in [-0.2, -0.15) is 0 Å². The van der Waals surface area contributed by atoms with Gasteiger partial charge < -0.3 is 0 Å². The second-order valence-corrected chi connectivity index (χ2v) is 3.26. The lowest BCUT2D eigenvalue weighted by Gasteiger charge is -2.03. The average Bonchev–Trinajstić information content (AvgIpc) is 2.29. The highest BCUT2D eigenvalue weighted by molar-refractivity contribution is 5.73. The smallest absolute Gasteiger partial charge is 0.258 e. The second kappa shape index (κ2) is 4.10. The molecule has 80 valence electrons. The van der Waals surface area contributed by atoms with Crippen molar-refractivity contribution in [3.63, 3.8) is 0 Å². The Balaban J connectivity index is 2.68. The molecule has 0 saturated carbocycles. The molecule has 3 nitrogen and oxygen atoms in total. The average molecular weight is 217 g/mol. The van der Waals surface area contributed by atoms with Crippen molar-refractivity contribution in [2.24, 2.45) is 0 Å². The number of nitro groups is 1. The molecule has 4 heteroatoms. The highest BCUT2D eigenvalue weighted by Crippen LogP contribution is 2.31. The molecule has 0 bridgehead atoms. The van der Waals surface area contributed by atoms with Crippen molar-refractivity contribution < 1.29 is 9.31 Å². The molecule has 0 spiro atoms. The van der Waals surface area contributed by atoms with Crippen molar-refractivity contribution in [1.82, 2.24) is 0 Å². The van der Waals surface area contributed by atoms with E-state index in [9.17, 15) is 14.5 Å². The van der Waals surface area contributed by atoms with Gasteiger partial charge in [-0.15, -0.1) is 0 Å². The molecule has 0 amide bonds. The Morgan fingerprint density at radius 3 is 2.31 bits per heavy atom. The predicted octanol–water partition coefficient (Wildman–Crippen LogP) is 3.40. The van der Waals surface area contributed by atoms with E-state index in [2.05, 4.69) is 0 Å². The predicted molar refractivity (Wildman–Crippen MR) is 58.5 cm³/mol. The molecule has 0 atom stereocenters. The zero-order valence-corrected chi connectivity index (χ0v) is 8.26. The molecule has 0 unspecified atom stereocenters. The Morgan fingerprint density at radius 1 is 1.00 bits per heavy atom. The molecule has 0 aromatic heterocycles. The fraction of sp³-hybridized carbons (Fsp3) is 0. The Labute approximate surface area is 91.3 Å². The van der Waals surface area contributed by atoms with Crippen molar-refractivity contribution in [3.8, 4) is 11.1 Å². The van der Waals surface area contributed by atoms with E-state index in [4.69, 9.17) is 0 Å². The molecule has 0 aliphatic carbocycles. The van der Waals surface area contributed by atoms with Crippen LogP contribution in [0.1, 0.15) is 0 Å². The van der Waals surface area contributed by atoms with Crippen LogP contribution in [0.25, 0.3) is 11.1 Å². The zero-order valence-electron chi connectivity index (χ0n) is 8.26. The van der Waals surface area contributed by atoms with Crippen LogP contribution in [-0.2, 0) is 0 Å². The Kier molecular flexibility index (Phi) is 2.64. The van der Waals surface area contributed by atoms with Crippen LogP contribution in [0.5, 0.6) is 0 Å². The Bertz CT molecular complexity index is 526. The van der Waals surface area contributed by atoms with Gasteiger partial charge in [0.15, 0.2) is 0 Å². The molecule has 2 rings (SSSR count). The summed E-state index contributed by atoms with van der Waals surface area (Å²) in [6, 6.07) is 12.3. The number of hydrogen-bond acceptors (Lipinski definition) is 2. The first-order chi connectivity index (χ1) is 7.70. The van der Waals surface area contributed by atoms with Gasteiger partial charge in [0.1, 0.15) is 5.82 Å². The standard InChI is InChI=1S/C12H8FNO2/c13-10-7-4-8-11(14(15)16)12(10)9-5-2-1-3-6-9/h1-8H. The van der Waals surface area contributed by atoms with E-state index in [-0.39, 0.29) is 11.3 Å². The van der Waals surface area contributed by atoms with Crippen LogP contribution >= 0.6 is 0 Å². The summed E-state index contributed by atoms with van der Waals surface area (Å²) >= 11 is 0. The van der Waals surface area contributed by atoms with Crippen LogP contribution in [0, 0.1) is 15.9 Å². The summed E-state index contributed by atoms with van der Waals surface area (Å²) in [6.45, 7) is 0. The summed E-state index contributed by atoms with van der Waals surface area (Å²) in [7, 11) is 0. The number of nitrogens with zero attached hydrogens (tertiary/aromatic N) is 1. The summed E-state index contributed by atoms with van der Waals surface area (Å²) in [5.41, 5.74) is 0.326. The Hall–Kier alpha value is -2.23. The lowest BCUT2D eigenvalue weighted by atomic mass is 10.0. The second-order valence-electron chi connectivity index (χ2n) is 3.26. The third kappa shape index (κ3) is 1.77. The first-order valence-electron chi connectivity index (χ1n) is 4.68. The van der Waals surface area contributed by atoms with Gasteiger partial charge in [-0.05, 0) is 11.6 Å². The molecular formula is C12H8FNO2.